The first-order valence-electron chi connectivity index (χ1n) is 6.00. The Morgan fingerprint density at radius 1 is 1.24 bits per heavy atom. The predicted molar refractivity (Wildman–Crippen MR) is 75.4 cm³/mol. The second-order valence-corrected chi connectivity index (χ2v) is 6.28. The van der Waals surface area contributed by atoms with Crippen LogP contribution in [-0.2, 0) is 28.6 Å². The molecule has 0 amide bonds. The van der Waals surface area contributed by atoms with Crippen molar-refractivity contribution < 1.29 is 26.9 Å². The van der Waals surface area contributed by atoms with E-state index < -0.39 is 27.5 Å². The molecule has 0 aromatic heterocycles. The van der Waals surface area contributed by atoms with Gasteiger partial charge in [0.15, 0.2) is 5.78 Å². The molecule has 0 heterocycles. The number of halogens is 1. The summed E-state index contributed by atoms with van der Waals surface area (Å²) in [5, 5.41) is 0.342. The third kappa shape index (κ3) is 3.81. The fraction of sp³-hybridized carbons (Fsp3) is 0.385. The second kappa shape index (κ2) is 6.55. The summed E-state index contributed by atoms with van der Waals surface area (Å²) in [4.78, 5) is 23.4. The summed E-state index contributed by atoms with van der Waals surface area (Å²) in [5.74, 6) is -1.78. The summed E-state index contributed by atoms with van der Waals surface area (Å²) in [6.45, 7) is 2.56. The molecule has 1 aromatic carbocycles. The van der Waals surface area contributed by atoms with Crippen LogP contribution in [0.5, 0.6) is 0 Å². The van der Waals surface area contributed by atoms with Gasteiger partial charge in [-0.05, 0) is 31.2 Å². The Hall–Kier alpha value is -1.44. The first-order valence-corrected chi connectivity index (χ1v) is 7.79. The van der Waals surface area contributed by atoms with Crippen molar-refractivity contribution in [2.45, 2.75) is 30.8 Å². The van der Waals surface area contributed by atoms with Crippen LogP contribution in [0, 0.1) is 0 Å². The minimum atomic E-state index is -4.33. The van der Waals surface area contributed by atoms with Gasteiger partial charge in [0.1, 0.15) is 0 Å². The highest BCUT2D eigenvalue weighted by Crippen LogP contribution is 2.24. The van der Waals surface area contributed by atoms with E-state index in [1.165, 1.54) is 31.2 Å². The van der Waals surface area contributed by atoms with Gasteiger partial charge in [0.05, 0.1) is 12.0 Å². The molecule has 21 heavy (non-hydrogen) atoms. The molecule has 0 aliphatic carbocycles. The first-order chi connectivity index (χ1) is 9.67. The monoisotopic (exact) mass is 334 g/mol. The Morgan fingerprint density at radius 2 is 1.76 bits per heavy atom. The van der Waals surface area contributed by atoms with E-state index in [-0.39, 0.29) is 11.3 Å². The van der Waals surface area contributed by atoms with Crippen molar-refractivity contribution in [2.24, 2.45) is 0 Å². The Morgan fingerprint density at radius 3 is 2.19 bits per heavy atom. The van der Waals surface area contributed by atoms with Crippen molar-refractivity contribution in [3.8, 4) is 0 Å². The van der Waals surface area contributed by atoms with Crippen LogP contribution in [-0.4, -0.2) is 32.9 Å². The Kier molecular flexibility index (Phi) is 5.49. The van der Waals surface area contributed by atoms with Gasteiger partial charge in [-0.25, -0.2) is 8.98 Å². The number of ether oxygens (including phenoxy) is 1. The third-order valence-electron chi connectivity index (χ3n) is 2.81. The topological polar surface area (TPSA) is 86.7 Å². The van der Waals surface area contributed by atoms with Crippen LogP contribution in [0.4, 0.5) is 0 Å². The van der Waals surface area contributed by atoms with Crippen LogP contribution < -0.4 is 0 Å². The number of hydrogen-bond acceptors (Lipinski definition) is 6. The standard InChI is InChI=1S/C13H15ClO6S/c1-4-11(15)13(2,12(16)19-3)20-21(17,18)10-7-5-9(14)6-8-10/h5-8H,4H2,1-3H3. The van der Waals surface area contributed by atoms with Crippen molar-refractivity contribution >= 4 is 33.5 Å². The van der Waals surface area contributed by atoms with Gasteiger partial charge >= 0.3 is 5.97 Å². The van der Waals surface area contributed by atoms with Gasteiger partial charge in [-0.3, -0.25) is 4.79 Å². The van der Waals surface area contributed by atoms with Gasteiger partial charge in [0.25, 0.3) is 10.1 Å². The van der Waals surface area contributed by atoms with Crippen LogP contribution in [0.15, 0.2) is 29.2 Å². The first kappa shape index (κ1) is 17.6. The smallest absolute Gasteiger partial charge is 0.347 e. The van der Waals surface area contributed by atoms with Crippen LogP contribution >= 0.6 is 11.6 Å². The highest BCUT2D eigenvalue weighted by Gasteiger charge is 2.46. The molecule has 0 spiro atoms. The molecule has 0 saturated heterocycles. The van der Waals surface area contributed by atoms with Crippen molar-refractivity contribution in [3.63, 3.8) is 0 Å². The molecule has 1 aromatic rings. The predicted octanol–water partition coefficient (Wildman–Crippen LogP) is 1.96. The highest BCUT2D eigenvalue weighted by molar-refractivity contribution is 7.86. The number of hydrogen-bond donors (Lipinski definition) is 0. The average molecular weight is 335 g/mol. The molecule has 1 rings (SSSR count). The molecular formula is C13H15ClO6S. The van der Waals surface area contributed by atoms with Gasteiger partial charge in [-0.2, -0.15) is 8.42 Å². The summed E-state index contributed by atoms with van der Waals surface area (Å²) < 4.78 is 33.7. The van der Waals surface area contributed by atoms with Crippen LogP contribution in [0.25, 0.3) is 0 Å². The number of ketones is 1. The van der Waals surface area contributed by atoms with E-state index in [1.54, 1.807) is 0 Å². The summed E-state index contributed by atoms with van der Waals surface area (Å²) in [6.07, 6.45) is -0.0816. The maximum Gasteiger partial charge on any atom is 0.347 e. The average Bonchev–Trinajstić information content (AvgIpc) is 2.45. The highest BCUT2D eigenvalue weighted by atomic mass is 35.5. The van der Waals surface area contributed by atoms with E-state index in [1.807, 2.05) is 0 Å². The lowest BCUT2D eigenvalue weighted by Gasteiger charge is -2.24. The van der Waals surface area contributed by atoms with Crippen molar-refractivity contribution in [3.05, 3.63) is 29.3 Å². The van der Waals surface area contributed by atoms with E-state index in [4.69, 9.17) is 15.8 Å². The second-order valence-electron chi connectivity index (χ2n) is 4.29. The minimum Gasteiger partial charge on any atom is -0.467 e. The lowest BCUT2D eigenvalue weighted by atomic mass is 9.99. The molecule has 8 heteroatoms. The number of methoxy groups -OCH3 is 1. The summed E-state index contributed by atoms with van der Waals surface area (Å²) in [6, 6.07) is 5.14. The minimum absolute atomic E-state index is 0.0816. The van der Waals surface area contributed by atoms with Gasteiger partial charge in [-0.15, -0.1) is 0 Å². The number of carbonyl (C=O) groups is 2. The van der Waals surface area contributed by atoms with E-state index >= 15 is 0 Å². The van der Waals surface area contributed by atoms with Gasteiger partial charge < -0.3 is 4.74 Å². The molecule has 0 fully saturated rings. The van der Waals surface area contributed by atoms with E-state index in [0.717, 1.165) is 14.0 Å². The molecular weight excluding hydrogens is 320 g/mol. The third-order valence-corrected chi connectivity index (χ3v) is 4.46. The molecule has 6 nitrogen and oxygen atoms in total. The van der Waals surface area contributed by atoms with Gasteiger partial charge in [-0.1, -0.05) is 18.5 Å². The fourth-order valence-corrected chi connectivity index (χ4v) is 2.89. The number of rotatable bonds is 6. The Labute approximate surface area is 128 Å². The van der Waals surface area contributed by atoms with Crippen molar-refractivity contribution in [1.82, 2.24) is 0 Å². The summed E-state index contributed by atoms with van der Waals surface area (Å²) in [7, 11) is -3.28. The number of carbonyl (C=O) groups excluding carboxylic acids is 2. The molecule has 0 bridgehead atoms. The van der Waals surface area contributed by atoms with E-state index in [0.29, 0.717) is 5.02 Å². The largest absolute Gasteiger partial charge is 0.467 e. The molecule has 0 aliphatic heterocycles. The summed E-state index contributed by atoms with van der Waals surface area (Å²) >= 11 is 5.68. The quantitative estimate of drug-likeness (QED) is 0.449. The van der Waals surface area contributed by atoms with Crippen molar-refractivity contribution in [2.75, 3.05) is 7.11 Å². The Balaban J connectivity index is 3.22. The van der Waals surface area contributed by atoms with Gasteiger partial charge in [0.2, 0.25) is 5.60 Å². The van der Waals surface area contributed by atoms with Crippen LogP contribution in [0.1, 0.15) is 20.3 Å². The van der Waals surface area contributed by atoms with E-state index in [2.05, 4.69) is 4.74 Å². The SMILES string of the molecule is CCC(=O)C(C)(OS(=O)(=O)c1ccc(Cl)cc1)C(=O)OC. The maximum absolute atomic E-state index is 12.2. The zero-order chi connectivity index (χ0) is 16.3. The zero-order valence-corrected chi connectivity index (χ0v) is 13.3. The number of benzene rings is 1. The number of esters is 1. The maximum atomic E-state index is 12.2. The lowest BCUT2D eigenvalue weighted by molar-refractivity contribution is -0.162. The fourth-order valence-electron chi connectivity index (χ4n) is 1.60. The van der Waals surface area contributed by atoms with Gasteiger partial charge in [0, 0.05) is 11.4 Å². The molecule has 0 N–H and O–H groups in total. The molecule has 1 unspecified atom stereocenters. The lowest BCUT2D eigenvalue weighted by Crippen LogP contribution is -2.48. The molecule has 116 valence electrons. The molecule has 0 aliphatic rings. The van der Waals surface area contributed by atoms with Crippen LogP contribution in [0.3, 0.4) is 0 Å². The van der Waals surface area contributed by atoms with Crippen LogP contribution in [0.2, 0.25) is 5.02 Å². The van der Waals surface area contributed by atoms with E-state index in [9.17, 15) is 18.0 Å². The normalized spacial score (nSPS) is 14.3. The molecule has 0 radical (unpaired) electrons. The molecule has 1 atom stereocenters. The zero-order valence-electron chi connectivity index (χ0n) is 11.8. The van der Waals surface area contributed by atoms with Crippen molar-refractivity contribution in [1.29, 1.82) is 0 Å². The Bertz CT molecular complexity index is 619. The number of Topliss-reactive ketones (excluding diaryl/α,β-unsaturated/α-hetero) is 1. The molecule has 0 saturated carbocycles. The summed E-state index contributed by atoms with van der Waals surface area (Å²) in [5.41, 5.74) is -2.22.